The third-order valence-corrected chi connectivity index (χ3v) is 4.59. The smallest absolute Gasteiger partial charge is 0.355 e. The van der Waals surface area contributed by atoms with Gasteiger partial charge in [-0.25, -0.2) is 0 Å². The van der Waals surface area contributed by atoms with Gasteiger partial charge in [0.1, 0.15) is 0 Å². The van der Waals surface area contributed by atoms with Gasteiger partial charge in [-0.1, -0.05) is 12.1 Å². The zero-order valence-electron chi connectivity index (χ0n) is 15.9. The molecule has 1 atom stereocenters. The van der Waals surface area contributed by atoms with E-state index in [0.29, 0.717) is 18.7 Å². The summed E-state index contributed by atoms with van der Waals surface area (Å²) >= 11 is 0. The Morgan fingerprint density at radius 1 is 1.29 bits per heavy atom. The largest absolute Gasteiger partial charge is 0.416 e. The topological polar surface area (TPSA) is 69.7 Å². The van der Waals surface area contributed by atoms with Gasteiger partial charge in [0, 0.05) is 32.6 Å². The molecular formula is C19H24F3N3O3. The molecule has 3 amide bonds. The number of alkyl halides is 3. The molecule has 0 aromatic heterocycles. The lowest BCUT2D eigenvalue weighted by atomic mass is 10.1. The van der Waals surface area contributed by atoms with Gasteiger partial charge in [-0.05, 0) is 31.5 Å². The summed E-state index contributed by atoms with van der Waals surface area (Å²) in [7, 11) is 0. The van der Waals surface area contributed by atoms with Crippen LogP contribution >= 0.6 is 0 Å². The van der Waals surface area contributed by atoms with E-state index < -0.39 is 17.7 Å². The lowest BCUT2D eigenvalue weighted by Gasteiger charge is -2.23. The lowest BCUT2D eigenvalue weighted by Crippen LogP contribution is -2.43. The summed E-state index contributed by atoms with van der Waals surface area (Å²) in [6.45, 7) is 4.35. The van der Waals surface area contributed by atoms with Crippen molar-refractivity contribution in [2.75, 3.05) is 26.2 Å². The van der Waals surface area contributed by atoms with Crippen molar-refractivity contribution >= 4 is 17.7 Å². The molecule has 2 rings (SSSR count). The molecule has 1 aromatic carbocycles. The van der Waals surface area contributed by atoms with Crippen molar-refractivity contribution in [2.45, 2.75) is 33.0 Å². The minimum absolute atomic E-state index is 0.00891. The molecule has 0 saturated carbocycles. The van der Waals surface area contributed by atoms with Crippen molar-refractivity contribution in [3.8, 4) is 0 Å². The number of amides is 3. The average molecular weight is 399 g/mol. The summed E-state index contributed by atoms with van der Waals surface area (Å²) < 4.78 is 38.5. The summed E-state index contributed by atoms with van der Waals surface area (Å²) in [5.74, 6) is -1.46. The molecule has 1 aliphatic rings. The number of rotatable bonds is 7. The van der Waals surface area contributed by atoms with Crippen LogP contribution in [-0.4, -0.2) is 53.7 Å². The number of likely N-dealkylation sites (tertiary alicyclic amines) is 1. The minimum atomic E-state index is -4.45. The van der Waals surface area contributed by atoms with Crippen molar-refractivity contribution < 1.29 is 27.6 Å². The van der Waals surface area contributed by atoms with E-state index in [9.17, 15) is 27.6 Å². The van der Waals surface area contributed by atoms with Gasteiger partial charge < -0.3 is 15.1 Å². The van der Waals surface area contributed by atoms with E-state index in [1.165, 1.54) is 21.9 Å². The van der Waals surface area contributed by atoms with Gasteiger partial charge in [-0.2, -0.15) is 13.2 Å². The number of carbonyl (C=O) groups excluding carboxylic acids is 3. The van der Waals surface area contributed by atoms with Crippen LogP contribution in [0.3, 0.4) is 0 Å². The maximum absolute atomic E-state index is 12.8. The van der Waals surface area contributed by atoms with E-state index in [-0.39, 0.29) is 43.8 Å². The van der Waals surface area contributed by atoms with Crippen LogP contribution in [0.25, 0.3) is 0 Å². The van der Waals surface area contributed by atoms with Crippen molar-refractivity contribution in [2.24, 2.45) is 5.92 Å². The van der Waals surface area contributed by atoms with Crippen LogP contribution in [0, 0.1) is 5.92 Å². The summed E-state index contributed by atoms with van der Waals surface area (Å²) in [4.78, 5) is 39.4. The number of likely N-dealkylation sites (N-methyl/N-ethyl adjacent to an activating group) is 2. The van der Waals surface area contributed by atoms with E-state index in [1.54, 1.807) is 13.8 Å². The number of benzene rings is 1. The summed E-state index contributed by atoms with van der Waals surface area (Å²) in [6, 6.07) is 4.80. The fourth-order valence-electron chi connectivity index (χ4n) is 3.19. The number of carbonyl (C=O) groups is 3. The standard InChI is InChI=1S/C19H24F3N3O3/c1-3-23-16(26)12-24(4-2)18(28)14-9-17(27)25(11-14)10-13-6-5-7-15(8-13)19(20,21)22/h5-8,14H,3-4,9-12H2,1-2H3,(H,23,26). The van der Waals surface area contributed by atoms with Crippen molar-refractivity contribution in [3.63, 3.8) is 0 Å². The van der Waals surface area contributed by atoms with Gasteiger partial charge in [0.15, 0.2) is 0 Å². The summed E-state index contributed by atoms with van der Waals surface area (Å²) in [6.07, 6.45) is -4.46. The van der Waals surface area contributed by atoms with Crippen LogP contribution in [0.2, 0.25) is 0 Å². The Kier molecular flexibility index (Phi) is 7.04. The Labute approximate surface area is 161 Å². The second-order valence-electron chi connectivity index (χ2n) is 6.68. The van der Waals surface area contributed by atoms with Crippen LogP contribution < -0.4 is 5.32 Å². The number of hydrogen-bond donors (Lipinski definition) is 1. The van der Waals surface area contributed by atoms with Crippen LogP contribution in [-0.2, 0) is 27.1 Å². The molecule has 1 heterocycles. The molecule has 1 N–H and O–H groups in total. The Morgan fingerprint density at radius 3 is 2.61 bits per heavy atom. The predicted octanol–water partition coefficient (Wildman–Crippen LogP) is 2.04. The van der Waals surface area contributed by atoms with Crippen LogP contribution in [0.1, 0.15) is 31.4 Å². The van der Waals surface area contributed by atoms with Crippen molar-refractivity contribution in [3.05, 3.63) is 35.4 Å². The SMILES string of the molecule is CCNC(=O)CN(CC)C(=O)C1CC(=O)N(Cc2cccc(C(F)(F)F)c2)C1. The molecule has 6 nitrogen and oxygen atoms in total. The van der Waals surface area contributed by atoms with Crippen LogP contribution in [0.5, 0.6) is 0 Å². The van der Waals surface area contributed by atoms with E-state index >= 15 is 0 Å². The first-order valence-electron chi connectivity index (χ1n) is 9.15. The van der Waals surface area contributed by atoms with Gasteiger partial charge in [0.2, 0.25) is 17.7 Å². The first-order chi connectivity index (χ1) is 13.2. The fourth-order valence-corrected chi connectivity index (χ4v) is 3.19. The average Bonchev–Trinajstić information content (AvgIpc) is 2.99. The first kappa shape index (κ1) is 21.7. The zero-order valence-corrected chi connectivity index (χ0v) is 15.9. The Morgan fingerprint density at radius 2 is 2.00 bits per heavy atom. The molecule has 0 radical (unpaired) electrons. The highest BCUT2D eigenvalue weighted by Crippen LogP contribution is 2.30. The molecule has 28 heavy (non-hydrogen) atoms. The molecule has 0 bridgehead atoms. The van der Waals surface area contributed by atoms with Crippen LogP contribution in [0.4, 0.5) is 13.2 Å². The zero-order chi connectivity index (χ0) is 20.9. The molecule has 1 aliphatic heterocycles. The number of nitrogens with zero attached hydrogens (tertiary/aromatic N) is 2. The summed E-state index contributed by atoms with van der Waals surface area (Å²) in [5, 5.41) is 2.62. The molecule has 0 spiro atoms. The maximum atomic E-state index is 12.8. The number of halogens is 3. The lowest BCUT2D eigenvalue weighted by molar-refractivity contribution is -0.139. The van der Waals surface area contributed by atoms with E-state index in [0.717, 1.165) is 12.1 Å². The molecule has 1 fully saturated rings. The Bertz CT molecular complexity index is 737. The van der Waals surface area contributed by atoms with Gasteiger partial charge in [-0.15, -0.1) is 0 Å². The highest BCUT2D eigenvalue weighted by atomic mass is 19.4. The second-order valence-corrected chi connectivity index (χ2v) is 6.68. The molecule has 1 aromatic rings. The predicted molar refractivity (Wildman–Crippen MR) is 95.9 cm³/mol. The Hall–Kier alpha value is -2.58. The third kappa shape index (κ3) is 5.46. The van der Waals surface area contributed by atoms with Crippen molar-refractivity contribution in [1.29, 1.82) is 0 Å². The van der Waals surface area contributed by atoms with E-state index in [1.807, 2.05) is 0 Å². The molecular weight excluding hydrogens is 375 g/mol. The van der Waals surface area contributed by atoms with Gasteiger partial charge in [0.05, 0.1) is 18.0 Å². The highest BCUT2D eigenvalue weighted by molar-refractivity contribution is 5.91. The fraction of sp³-hybridized carbons (Fsp3) is 0.526. The molecule has 1 unspecified atom stereocenters. The van der Waals surface area contributed by atoms with Gasteiger partial charge in [-0.3, -0.25) is 14.4 Å². The van der Waals surface area contributed by atoms with Crippen molar-refractivity contribution in [1.82, 2.24) is 15.1 Å². The highest BCUT2D eigenvalue weighted by Gasteiger charge is 2.37. The molecule has 0 aliphatic carbocycles. The van der Waals surface area contributed by atoms with Gasteiger partial charge >= 0.3 is 6.18 Å². The molecule has 154 valence electrons. The molecule has 9 heteroatoms. The number of hydrogen-bond acceptors (Lipinski definition) is 3. The number of nitrogens with one attached hydrogen (secondary N) is 1. The third-order valence-electron chi connectivity index (χ3n) is 4.59. The monoisotopic (exact) mass is 399 g/mol. The second kappa shape index (κ2) is 9.07. The Balaban J connectivity index is 2.03. The summed E-state index contributed by atoms with van der Waals surface area (Å²) in [5.41, 5.74) is -0.422. The van der Waals surface area contributed by atoms with E-state index in [4.69, 9.17) is 0 Å². The maximum Gasteiger partial charge on any atom is 0.416 e. The normalized spacial score (nSPS) is 17.0. The molecule has 1 saturated heterocycles. The minimum Gasteiger partial charge on any atom is -0.355 e. The van der Waals surface area contributed by atoms with Gasteiger partial charge in [0.25, 0.3) is 0 Å². The quantitative estimate of drug-likeness (QED) is 0.763. The van der Waals surface area contributed by atoms with Crippen LogP contribution in [0.15, 0.2) is 24.3 Å². The first-order valence-corrected chi connectivity index (χ1v) is 9.15. The van der Waals surface area contributed by atoms with E-state index in [2.05, 4.69) is 5.32 Å².